The Hall–Kier alpha value is -5.84. The average Bonchev–Trinajstić information content (AvgIpc) is 3.58. The lowest BCUT2D eigenvalue weighted by Crippen LogP contribution is -2.11. The molecule has 0 aliphatic rings. The lowest BCUT2D eigenvalue weighted by atomic mass is 9.86. The number of aromatic hydroxyl groups is 1. The van der Waals surface area contributed by atoms with Gasteiger partial charge in [-0.1, -0.05) is 136 Å². The van der Waals surface area contributed by atoms with Gasteiger partial charge in [0.1, 0.15) is 10.8 Å². The van der Waals surface area contributed by atoms with Crippen LogP contribution >= 0.6 is 11.3 Å². The van der Waals surface area contributed by atoms with Gasteiger partial charge in [0.05, 0.1) is 15.9 Å². The quantitative estimate of drug-likeness (QED) is 0.180. The SMILES string of the molecule is CC(C)(C)c1ccc(O)c(C=Nc2ccccc2-c2nc3c(-c4ccccc4)cc(-c4ccc(-c5cccc6ccccc56)cc4)cc3s2)c1. The number of hydrogen-bond acceptors (Lipinski definition) is 4. The van der Waals surface area contributed by atoms with Crippen molar-refractivity contribution in [2.24, 2.45) is 4.99 Å². The normalized spacial score (nSPS) is 11.9. The van der Waals surface area contributed by atoms with Gasteiger partial charge in [0.15, 0.2) is 0 Å². The number of para-hydroxylation sites is 1. The highest BCUT2D eigenvalue weighted by atomic mass is 32.1. The van der Waals surface area contributed by atoms with E-state index in [0.29, 0.717) is 5.56 Å². The molecule has 0 spiro atoms. The highest BCUT2D eigenvalue weighted by molar-refractivity contribution is 7.21. The molecule has 0 saturated heterocycles. The molecular formula is C46H36N2OS. The molecule has 1 heterocycles. The van der Waals surface area contributed by atoms with Gasteiger partial charge in [0, 0.05) is 22.9 Å². The van der Waals surface area contributed by atoms with Gasteiger partial charge in [-0.3, -0.25) is 4.99 Å². The van der Waals surface area contributed by atoms with E-state index in [0.717, 1.165) is 54.3 Å². The molecular weight excluding hydrogens is 629 g/mol. The Morgan fingerprint density at radius 3 is 2.10 bits per heavy atom. The molecule has 8 rings (SSSR count). The monoisotopic (exact) mass is 664 g/mol. The first kappa shape index (κ1) is 31.4. The summed E-state index contributed by atoms with van der Waals surface area (Å²) in [5.74, 6) is 0.212. The molecule has 0 fully saturated rings. The lowest BCUT2D eigenvalue weighted by molar-refractivity contribution is 0.473. The molecule has 0 atom stereocenters. The van der Waals surface area contributed by atoms with Crippen molar-refractivity contribution in [1.29, 1.82) is 0 Å². The molecule has 1 N–H and O–H groups in total. The van der Waals surface area contributed by atoms with Gasteiger partial charge in [-0.2, -0.15) is 0 Å². The molecule has 0 amide bonds. The van der Waals surface area contributed by atoms with Crippen LogP contribution < -0.4 is 0 Å². The van der Waals surface area contributed by atoms with Crippen LogP contribution in [-0.2, 0) is 5.41 Å². The second kappa shape index (κ2) is 12.9. The molecule has 0 saturated carbocycles. The third kappa shape index (κ3) is 6.11. The number of phenolic OH excluding ortho intramolecular Hbond substituents is 1. The van der Waals surface area contributed by atoms with E-state index in [4.69, 9.17) is 9.98 Å². The number of hydrogen-bond donors (Lipinski definition) is 1. The van der Waals surface area contributed by atoms with Crippen molar-refractivity contribution < 1.29 is 5.11 Å². The Labute approximate surface area is 296 Å². The summed E-state index contributed by atoms with van der Waals surface area (Å²) in [6, 6.07) is 52.8. The van der Waals surface area contributed by atoms with E-state index in [-0.39, 0.29) is 11.2 Å². The van der Waals surface area contributed by atoms with Gasteiger partial charge in [-0.05, 0) is 86.0 Å². The van der Waals surface area contributed by atoms with Crippen LogP contribution in [0.15, 0.2) is 157 Å². The minimum Gasteiger partial charge on any atom is -0.507 e. The molecule has 0 bridgehead atoms. The topological polar surface area (TPSA) is 45.5 Å². The summed E-state index contributed by atoms with van der Waals surface area (Å²) in [5.41, 5.74) is 11.5. The van der Waals surface area contributed by atoms with Gasteiger partial charge >= 0.3 is 0 Å². The van der Waals surface area contributed by atoms with Crippen LogP contribution in [0.4, 0.5) is 5.69 Å². The molecule has 3 nitrogen and oxygen atoms in total. The minimum atomic E-state index is -0.0384. The molecule has 8 aromatic rings. The van der Waals surface area contributed by atoms with E-state index < -0.39 is 0 Å². The molecule has 0 radical (unpaired) electrons. The predicted octanol–water partition coefficient (Wildman–Crippen LogP) is 12.9. The van der Waals surface area contributed by atoms with E-state index in [1.165, 1.54) is 21.9 Å². The first-order valence-electron chi connectivity index (χ1n) is 16.9. The molecule has 1 aromatic heterocycles. The fraction of sp³-hybridized carbons (Fsp3) is 0.0870. The summed E-state index contributed by atoms with van der Waals surface area (Å²) in [6.07, 6.45) is 1.76. The Morgan fingerprint density at radius 1 is 0.600 bits per heavy atom. The fourth-order valence-corrected chi connectivity index (χ4v) is 7.57. The molecule has 0 aliphatic heterocycles. The highest BCUT2D eigenvalue weighted by Crippen LogP contribution is 2.42. The number of rotatable bonds is 6. The summed E-state index contributed by atoms with van der Waals surface area (Å²) >= 11 is 1.68. The molecule has 0 unspecified atom stereocenters. The van der Waals surface area contributed by atoms with E-state index in [1.54, 1.807) is 23.6 Å². The molecule has 4 heteroatoms. The molecule has 242 valence electrons. The van der Waals surface area contributed by atoms with Crippen LogP contribution in [0, 0.1) is 0 Å². The third-order valence-electron chi connectivity index (χ3n) is 9.27. The summed E-state index contributed by atoms with van der Waals surface area (Å²) in [5, 5.41) is 14.0. The summed E-state index contributed by atoms with van der Waals surface area (Å²) in [6.45, 7) is 6.50. The number of nitrogens with zero attached hydrogens (tertiary/aromatic N) is 2. The van der Waals surface area contributed by atoms with Crippen molar-refractivity contribution >= 4 is 44.2 Å². The van der Waals surface area contributed by atoms with E-state index >= 15 is 0 Å². The first-order chi connectivity index (χ1) is 24.3. The van der Waals surface area contributed by atoms with Crippen molar-refractivity contribution in [3.8, 4) is 49.7 Å². The number of thiazole rings is 1. The fourth-order valence-electron chi connectivity index (χ4n) is 6.50. The molecule has 7 aromatic carbocycles. The number of phenols is 1. The Morgan fingerprint density at radius 2 is 1.28 bits per heavy atom. The zero-order valence-electron chi connectivity index (χ0n) is 28.3. The zero-order chi connectivity index (χ0) is 34.2. The Kier molecular flexibility index (Phi) is 8.10. The minimum absolute atomic E-state index is 0.0384. The van der Waals surface area contributed by atoms with Gasteiger partial charge in [0.2, 0.25) is 0 Å². The smallest absolute Gasteiger partial charge is 0.126 e. The summed E-state index contributed by atoms with van der Waals surface area (Å²) < 4.78 is 1.11. The highest BCUT2D eigenvalue weighted by Gasteiger charge is 2.17. The standard InChI is InChI=1S/C46H36N2OS/c1-46(2,3)36-24-25-42(49)35(26-36)29-47-41-19-10-9-17-39(41)45-48-44-40(32-12-5-4-6-13-32)27-34(28-43(44)50-45)30-20-22-33(23-21-30)38-18-11-15-31-14-7-8-16-37(31)38/h4-29,49H,1-3H3. The van der Waals surface area contributed by atoms with Crippen molar-refractivity contribution in [3.05, 3.63) is 163 Å². The maximum atomic E-state index is 10.6. The molecule has 50 heavy (non-hydrogen) atoms. The van der Waals surface area contributed by atoms with Crippen molar-refractivity contribution in [3.63, 3.8) is 0 Å². The lowest BCUT2D eigenvalue weighted by Gasteiger charge is -2.19. The molecule has 0 aliphatic carbocycles. The van der Waals surface area contributed by atoms with Gasteiger partial charge in [-0.15, -0.1) is 11.3 Å². The van der Waals surface area contributed by atoms with Gasteiger partial charge < -0.3 is 5.11 Å². The second-order valence-corrected chi connectivity index (χ2v) is 14.7. The van der Waals surface area contributed by atoms with Crippen molar-refractivity contribution in [1.82, 2.24) is 4.98 Å². The van der Waals surface area contributed by atoms with Crippen LogP contribution in [0.25, 0.3) is 64.9 Å². The average molecular weight is 665 g/mol. The number of aromatic nitrogens is 1. The first-order valence-corrected chi connectivity index (χ1v) is 17.7. The van der Waals surface area contributed by atoms with Gasteiger partial charge in [0.25, 0.3) is 0 Å². The Balaban J connectivity index is 1.20. The zero-order valence-corrected chi connectivity index (χ0v) is 29.1. The van der Waals surface area contributed by atoms with Crippen LogP contribution in [0.3, 0.4) is 0 Å². The summed E-state index contributed by atoms with van der Waals surface area (Å²) in [7, 11) is 0. The third-order valence-corrected chi connectivity index (χ3v) is 10.3. The van der Waals surface area contributed by atoms with Crippen molar-refractivity contribution in [2.45, 2.75) is 26.2 Å². The van der Waals surface area contributed by atoms with E-state index in [2.05, 4.69) is 130 Å². The second-order valence-electron chi connectivity index (χ2n) is 13.7. The van der Waals surface area contributed by atoms with Crippen LogP contribution in [0.2, 0.25) is 0 Å². The number of fused-ring (bicyclic) bond motifs is 2. The number of aliphatic imine (C=N–C) groups is 1. The van der Waals surface area contributed by atoms with Crippen LogP contribution in [-0.4, -0.2) is 16.3 Å². The largest absolute Gasteiger partial charge is 0.507 e. The Bertz CT molecular complexity index is 2520. The van der Waals surface area contributed by atoms with Crippen LogP contribution in [0.1, 0.15) is 31.9 Å². The van der Waals surface area contributed by atoms with Crippen molar-refractivity contribution in [2.75, 3.05) is 0 Å². The van der Waals surface area contributed by atoms with E-state index in [9.17, 15) is 5.11 Å². The maximum Gasteiger partial charge on any atom is 0.126 e. The predicted molar refractivity (Wildman–Crippen MR) is 213 cm³/mol. The summed E-state index contributed by atoms with van der Waals surface area (Å²) in [4.78, 5) is 10.1. The maximum absolute atomic E-state index is 10.6. The van der Waals surface area contributed by atoms with E-state index in [1.807, 2.05) is 36.4 Å². The van der Waals surface area contributed by atoms with Crippen LogP contribution in [0.5, 0.6) is 5.75 Å². The number of benzene rings is 7. The van der Waals surface area contributed by atoms with Gasteiger partial charge in [-0.25, -0.2) is 4.98 Å².